The van der Waals surface area contributed by atoms with Gasteiger partial charge in [0.25, 0.3) is 0 Å². The number of carbonyl (C=O) groups is 2. The second-order valence-corrected chi connectivity index (χ2v) is 13.5. The van der Waals surface area contributed by atoms with Crippen molar-refractivity contribution in [2.24, 2.45) is 11.8 Å². The van der Waals surface area contributed by atoms with Crippen LogP contribution in [0.5, 0.6) is 0 Å². The quantitative estimate of drug-likeness (QED) is 0.108. The summed E-state index contributed by atoms with van der Waals surface area (Å²) < 4.78 is 14.5. The van der Waals surface area contributed by atoms with Gasteiger partial charge >= 0.3 is 12.2 Å². The van der Waals surface area contributed by atoms with E-state index in [1.165, 1.54) is 47.7 Å². The predicted molar refractivity (Wildman–Crippen MR) is 187 cm³/mol. The molecule has 250 valence electrons. The third kappa shape index (κ3) is 9.20. The zero-order chi connectivity index (χ0) is 33.1. The van der Waals surface area contributed by atoms with Crippen molar-refractivity contribution >= 4 is 34.3 Å². The first-order valence-corrected chi connectivity index (χ1v) is 17.5. The van der Waals surface area contributed by atoms with Gasteiger partial charge in [-0.25, -0.2) is 28.7 Å². The van der Waals surface area contributed by atoms with Crippen molar-refractivity contribution in [3.63, 3.8) is 0 Å². The Bertz CT molecular complexity index is 1580. The molecule has 0 amide bonds. The molecule has 0 unspecified atom stereocenters. The topological polar surface area (TPSA) is 88.2 Å². The first kappa shape index (κ1) is 35.2. The zero-order valence-electron chi connectivity index (χ0n) is 28.9. The molecule has 0 saturated carbocycles. The molecule has 0 atom stereocenters. The Labute approximate surface area is 274 Å². The molecule has 8 heteroatoms. The van der Waals surface area contributed by atoms with Gasteiger partial charge in [0.2, 0.25) is 0 Å². The molecule has 0 spiro atoms. The minimum atomic E-state index is -0.527. The molecule has 0 saturated heterocycles. The monoisotopic (exact) mass is 630 g/mol. The molecular formula is C38H54N4O4. The maximum atomic E-state index is 13.7. The molecule has 0 aliphatic heterocycles. The van der Waals surface area contributed by atoms with Crippen LogP contribution < -0.4 is 0 Å². The molecule has 0 N–H and O–H groups in total. The molecule has 2 heterocycles. The van der Waals surface area contributed by atoms with Crippen molar-refractivity contribution in [2.75, 3.05) is 13.2 Å². The standard InChI is InChI=1S/C38H54N4O4/c1-27(2)19-13-9-7-11-17-25-45-37(43)41-32-22-16-15-21-31(32)39-35(41)36-40-34-30(6)29(5)23-24-33(34)42(36)38(44)46-26-18-12-8-10-14-20-28(3)4/h15-16,21-24,27-28H,7-14,17-20,25-26H2,1-6H3. The van der Waals surface area contributed by atoms with Gasteiger partial charge in [0.05, 0.1) is 35.3 Å². The summed E-state index contributed by atoms with van der Waals surface area (Å²) in [5.41, 5.74) is 4.56. The highest BCUT2D eigenvalue weighted by molar-refractivity contribution is 5.96. The molecule has 2 aromatic heterocycles. The Morgan fingerprint density at radius 3 is 1.72 bits per heavy atom. The number of nitrogens with zero attached hydrogens (tertiary/aromatic N) is 4. The molecule has 2 aromatic carbocycles. The average molecular weight is 631 g/mol. The summed E-state index contributed by atoms with van der Waals surface area (Å²) in [5, 5.41) is 0. The van der Waals surface area contributed by atoms with Crippen LogP contribution in [0.3, 0.4) is 0 Å². The van der Waals surface area contributed by atoms with E-state index in [4.69, 9.17) is 19.4 Å². The van der Waals surface area contributed by atoms with Gasteiger partial charge in [0.15, 0.2) is 11.6 Å². The Morgan fingerprint density at radius 2 is 1.13 bits per heavy atom. The van der Waals surface area contributed by atoms with Crippen LogP contribution >= 0.6 is 0 Å². The van der Waals surface area contributed by atoms with Gasteiger partial charge in [-0.3, -0.25) is 0 Å². The lowest BCUT2D eigenvalue weighted by molar-refractivity contribution is 0.144. The van der Waals surface area contributed by atoms with E-state index in [1.54, 1.807) is 0 Å². The summed E-state index contributed by atoms with van der Waals surface area (Å²) in [6.45, 7) is 13.7. The summed E-state index contributed by atoms with van der Waals surface area (Å²) in [6, 6.07) is 11.3. The number of aromatic nitrogens is 4. The number of aryl methyl sites for hydroxylation is 2. The fourth-order valence-corrected chi connectivity index (χ4v) is 5.89. The van der Waals surface area contributed by atoms with Crippen LogP contribution in [0.15, 0.2) is 36.4 Å². The Kier molecular flexibility index (Phi) is 13.2. The van der Waals surface area contributed by atoms with Gasteiger partial charge in [0, 0.05) is 0 Å². The van der Waals surface area contributed by atoms with Crippen LogP contribution in [0, 0.1) is 25.7 Å². The summed E-state index contributed by atoms with van der Waals surface area (Å²) in [4.78, 5) is 37.1. The van der Waals surface area contributed by atoms with Gasteiger partial charge < -0.3 is 9.47 Å². The first-order chi connectivity index (χ1) is 22.2. The number of rotatable bonds is 17. The Morgan fingerprint density at radius 1 is 0.630 bits per heavy atom. The normalized spacial score (nSPS) is 11.7. The van der Waals surface area contributed by atoms with Crippen LogP contribution in [-0.4, -0.2) is 44.5 Å². The van der Waals surface area contributed by atoms with E-state index < -0.39 is 12.2 Å². The van der Waals surface area contributed by atoms with Crippen molar-refractivity contribution in [1.82, 2.24) is 19.1 Å². The number of hydrogen-bond donors (Lipinski definition) is 0. The SMILES string of the molecule is Cc1ccc2c(nc(-c3nc4ccccc4n3C(=O)OCCCCCCCC(C)C)n2C(=O)OCCCCCCCC(C)C)c1C. The largest absolute Gasteiger partial charge is 0.449 e. The minimum Gasteiger partial charge on any atom is -0.449 e. The van der Waals surface area contributed by atoms with Crippen molar-refractivity contribution in [3.8, 4) is 11.6 Å². The number of hydrogen-bond acceptors (Lipinski definition) is 6. The molecule has 46 heavy (non-hydrogen) atoms. The first-order valence-electron chi connectivity index (χ1n) is 17.5. The summed E-state index contributed by atoms with van der Waals surface area (Å²) in [6.07, 6.45) is 12.2. The van der Waals surface area contributed by atoms with Crippen LogP contribution in [0.2, 0.25) is 0 Å². The second kappa shape index (κ2) is 17.3. The number of unbranched alkanes of at least 4 members (excludes halogenated alkanes) is 8. The van der Waals surface area contributed by atoms with E-state index in [9.17, 15) is 9.59 Å². The van der Waals surface area contributed by atoms with Crippen molar-refractivity contribution < 1.29 is 19.1 Å². The third-order valence-corrected chi connectivity index (χ3v) is 8.78. The fourth-order valence-electron chi connectivity index (χ4n) is 5.89. The van der Waals surface area contributed by atoms with Crippen LogP contribution in [0.25, 0.3) is 33.7 Å². The van der Waals surface area contributed by atoms with Gasteiger partial charge in [-0.15, -0.1) is 0 Å². The Hall–Kier alpha value is -3.68. The number of imidazole rings is 2. The lowest BCUT2D eigenvalue weighted by atomic mass is 10.0. The highest BCUT2D eigenvalue weighted by Crippen LogP contribution is 2.31. The number of ether oxygens (including phenoxy) is 2. The second-order valence-electron chi connectivity index (χ2n) is 13.5. The van der Waals surface area contributed by atoms with E-state index in [0.29, 0.717) is 35.3 Å². The Balaban J connectivity index is 1.54. The van der Waals surface area contributed by atoms with Gasteiger partial charge in [-0.1, -0.05) is 110 Å². The maximum absolute atomic E-state index is 13.7. The number of carbonyl (C=O) groups excluding carboxylic acids is 2. The molecule has 0 radical (unpaired) electrons. The fraction of sp³-hybridized carbons (Fsp3) is 0.579. The minimum absolute atomic E-state index is 0.259. The van der Waals surface area contributed by atoms with Gasteiger partial charge in [0.1, 0.15) is 0 Å². The molecule has 0 aliphatic carbocycles. The van der Waals surface area contributed by atoms with Crippen molar-refractivity contribution in [3.05, 3.63) is 47.5 Å². The van der Waals surface area contributed by atoms with Crippen LogP contribution in [-0.2, 0) is 9.47 Å². The van der Waals surface area contributed by atoms with E-state index >= 15 is 0 Å². The summed E-state index contributed by atoms with van der Waals surface area (Å²) in [7, 11) is 0. The third-order valence-electron chi connectivity index (χ3n) is 8.78. The maximum Gasteiger partial charge on any atom is 0.420 e. The molecule has 4 rings (SSSR count). The molecule has 4 aromatic rings. The molecule has 0 bridgehead atoms. The van der Waals surface area contributed by atoms with Gasteiger partial charge in [-0.05, 0) is 67.9 Å². The molecule has 0 fully saturated rings. The van der Waals surface area contributed by atoms with Gasteiger partial charge in [-0.2, -0.15) is 0 Å². The molecule has 0 aliphatic rings. The zero-order valence-corrected chi connectivity index (χ0v) is 28.9. The number of para-hydroxylation sites is 2. The van der Waals surface area contributed by atoms with E-state index in [1.807, 2.05) is 50.2 Å². The van der Waals surface area contributed by atoms with E-state index in [-0.39, 0.29) is 11.6 Å². The smallest absolute Gasteiger partial charge is 0.420 e. The lowest BCUT2D eigenvalue weighted by Gasteiger charge is -2.11. The van der Waals surface area contributed by atoms with E-state index in [0.717, 1.165) is 61.5 Å². The summed E-state index contributed by atoms with van der Waals surface area (Å²) >= 11 is 0. The molecular weight excluding hydrogens is 576 g/mol. The predicted octanol–water partition coefficient (Wildman–Crippen LogP) is 10.6. The number of benzene rings is 2. The highest BCUT2D eigenvalue weighted by atomic mass is 16.6. The summed E-state index contributed by atoms with van der Waals surface area (Å²) in [5.74, 6) is 1.99. The highest BCUT2D eigenvalue weighted by Gasteiger charge is 2.28. The average Bonchev–Trinajstić information content (AvgIpc) is 3.60. The lowest BCUT2D eigenvalue weighted by Crippen LogP contribution is -2.20. The van der Waals surface area contributed by atoms with E-state index in [2.05, 4.69) is 27.7 Å². The number of fused-ring (bicyclic) bond motifs is 2. The molecule has 8 nitrogen and oxygen atoms in total. The van der Waals surface area contributed by atoms with Crippen LogP contribution in [0.1, 0.15) is 116 Å². The van der Waals surface area contributed by atoms with Crippen molar-refractivity contribution in [1.29, 1.82) is 0 Å². The van der Waals surface area contributed by atoms with Crippen LogP contribution in [0.4, 0.5) is 9.59 Å². The van der Waals surface area contributed by atoms with Crippen molar-refractivity contribution in [2.45, 2.75) is 119 Å².